The molecule has 1 unspecified atom stereocenters. The minimum atomic E-state index is 0.0543. The molecule has 2 rings (SSSR count). The van der Waals surface area contributed by atoms with E-state index in [1.54, 1.807) is 7.11 Å². The Morgan fingerprint density at radius 3 is 2.40 bits per heavy atom. The van der Waals surface area contributed by atoms with Crippen LogP contribution in [0.3, 0.4) is 0 Å². The summed E-state index contributed by atoms with van der Waals surface area (Å²) in [6.45, 7) is 6.06. The predicted octanol–water partition coefficient (Wildman–Crippen LogP) is 4.18. The molecule has 20 heavy (non-hydrogen) atoms. The van der Waals surface area contributed by atoms with Crippen LogP contribution >= 0.6 is 11.6 Å². The quantitative estimate of drug-likeness (QED) is 0.918. The first-order valence-electron chi connectivity index (χ1n) is 6.56. The SMILES string of the molecule is CNC(c1ccc(Cl)c(OC)c1)c1c(C)oc(C)c1C. The molecule has 108 valence electrons. The molecule has 1 atom stereocenters. The van der Waals surface area contributed by atoms with Crippen LogP contribution in [-0.4, -0.2) is 14.2 Å². The fourth-order valence-electron chi connectivity index (χ4n) is 2.57. The molecule has 0 spiro atoms. The van der Waals surface area contributed by atoms with Crippen molar-refractivity contribution in [2.45, 2.75) is 26.8 Å². The maximum absolute atomic E-state index is 6.09. The Kier molecular flexibility index (Phi) is 4.41. The van der Waals surface area contributed by atoms with E-state index in [4.69, 9.17) is 20.8 Å². The second-order valence-electron chi connectivity index (χ2n) is 4.87. The van der Waals surface area contributed by atoms with Gasteiger partial charge in [-0.15, -0.1) is 0 Å². The number of benzene rings is 1. The molecule has 0 aliphatic rings. The molecule has 1 N–H and O–H groups in total. The van der Waals surface area contributed by atoms with Crippen molar-refractivity contribution < 1.29 is 9.15 Å². The average Bonchev–Trinajstić information content (AvgIpc) is 2.68. The van der Waals surface area contributed by atoms with Crippen LogP contribution in [0.2, 0.25) is 5.02 Å². The molecule has 0 radical (unpaired) electrons. The molecule has 3 nitrogen and oxygen atoms in total. The van der Waals surface area contributed by atoms with Crippen molar-refractivity contribution in [1.82, 2.24) is 5.32 Å². The topological polar surface area (TPSA) is 34.4 Å². The zero-order valence-electron chi connectivity index (χ0n) is 12.5. The highest BCUT2D eigenvalue weighted by Gasteiger charge is 2.22. The largest absolute Gasteiger partial charge is 0.495 e. The van der Waals surface area contributed by atoms with E-state index >= 15 is 0 Å². The van der Waals surface area contributed by atoms with Crippen molar-refractivity contribution in [2.75, 3.05) is 14.2 Å². The zero-order chi connectivity index (χ0) is 14.9. The molecule has 1 aromatic heterocycles. The van der Waals surface area contributed by atoms with E-state index in [0.29, 0.717) is 10.8 Å². The van der Waals surface area contributed by atoms with E-state index in [2.05, 4.69) is 12.2 Å². The van der Waals surface area contributed by atoms with Gasteiger partial charge in [0.25, 0.3) is 0 Å². The number of rotatable bonds is 4. The molecule has 0 amide bonds. The molecule has 4 heteroatoms. The van der Waals surface area contributed by atoms with E-state index in [9.17, 15) is 0 Å². The number of hydrogen-bond acceptors (Lipinski definition) is 3. The fourth-order valence-corrected chi connectivity index (χ4v) is 2.76. The molecule has 0 aliphatic carbocycles. The van der Waals surface area contributed by atoms with Gasteiger partial charge in [0.05, 0.1) is 18.2 Å². The van der Waals surface area contributed by atoms with Crippen LogP contribution in [0.5, 0.6) is 5.75 Å². The molecule has 0 bridgehead atoms. The van der Waals surface area contributed by atoms with Gasteiger partial charge in [-0.1, -0.05) is 17.7 Å². The second kappa shape index (κ2) is 5.90. The summed E-state index contributed by atoms with van der Waals surface area (Å²) in [5.74, 6) is 2.58. The third-order valence-corrected chi connectivity index (χ3v) is 4.02. The molecule has 0 saturated carbocycles. The van der Waals surface area contributed by atoms with Gasteiger partial charge < -0.3 is 14.5 Å². The molecule has 2 aromatic rings. The first-order chi connectivity index (χ1) is 9.49. The zero-order valence-corrected chi connectivity index (χ0v) is 13.3. The van der Waals surface area contributed by atoms with Gasteiger partial charge in [-0.2, -0.15) is 0 Å². The normalized spacial score (nSPS) is 12.5. The van der Waals surface area contributed by atoms with Crippen molar-refractivity contribution in [3.8, 4) is 5.75 Å². The summed E-state index contributed by atoms with van der Waals surface area (Å²) >= 11 is 6.09. The van der Waals surface area contributed by atoms with Crippen molar-refractivity contribution in [3.63, 3.8) is 0 Å². The van der Waals surface area contributed by atoms with Gasteiger partial charge in [0, 0.05) is 5.56 Å². The fraction of sp³-hybridized carbons (Fsp3) is 0.375. The Balaban J connectivity index is 2.52. The van der Waals surface area contributed by atoms with Crippen molar-refractivity contribution >= 4 is 11.6 Å². The van der Waals surface area contributed by atoms with Gasteiger partial charge in [0.15, 0.2) is 0 Å². The van der Waals surface area contributed by atoms with Gasteiger partial charge in [0.2, 0.25) is 0 Å². The van der Waals surface area contributed by atoms with E-state index in [1.165, 1.54) is 11.1 Å². The monoisotopic (exact) mass is 293 g/mol. The Hall–Kier alpha value is -1.45. The first-order valence-corrected chi connectivity index (χ1v) is 6.94. The number of hydrogen-bond donors (Lipinski definition) is 1. The number of aryl methyl sites for hydroxylation is 2. The highest BCUT2D eigenvalue weighted by Crippen LogP contribution is 2.34. The van der Waals surface area contributed by atoms with E-state index in [0.717, 1.165) is 17.1 Å². The van der Waals surface area contributed by atoms with Crippen LogP contribution in [0.15, 0.2) is 22.6 Å². The van der Waals surface area contributed by atoms with E-state index in [1.807, 2.05) is 39.1 Å². The molecule has 0 aliphatic heterocycles. The van der Waals surface area contributed by atoms with E-state index < -0.39 is 0 Å². The highest BCUT2D eigenvalue weighted by atomic mass is 35.5. The third kappa shape index (κ3) is 2.56. The number of furan rings is 1. The lowest BCUT2D eigenvalue weighted by molar-refractivity contribution is 0.414. The maximum Gasteiger partial charge on any atom is 0.137 e. The van der Waals surface area contributed by atoms with E-state index in [-0.39, 0.29) is 6.04 Å². The smallest absolute Gasteiger partial charge is 0.137 e. The van der Waals surface area contributed by atoms with Crippen LogP contribution in [-0.2, 0) is 0 Å². The standard InChI is InChI=1S/C16H20ClNO2/c1-9-10(2)20-11(3)15(9)16(18-4)12-6-7-13(17)14(8-12)19-5/h6-8,16,18H,1-5H3. The van der Waals surface area contributed by atoms with Crippen LogP contribution < -0.4 is 10.1 Å². The lowest BCUT2D eigenvalue weighted by atomic mass is 9.95. The Morgan fingerprint density at radius 2 is 1.90 bits per heavy atom. The van der Waals surface area contributed by atoms with Gasteiger partial charge in [-0.05, 0) is 51.1 Å². The lowest BCUT2D eigenvalue weighted by Crippen LogP contribution is -2.19. The molecule has 1 heterocycles. The van der Waals surface area contributed by atoms with Gasteiger partial charge >= 0.3 is 0 Å². The first kappa shape index (κ1) is 14.9. The van der Waals surface area contributed by atoms with Gasteiger partial charge in [-0.25, -0.2) is 0 Å². The molecular formula is C16H20ClNO2. The number of ether oxygens (including phenoxy) is 1. The van der Waals surface area contributed by atoms with Crippen molar-refractivity contribution in [3.05, 3.63) is 51.4 Å². The number of nitrogens with one attached hydrogen (secondary N) is 1. The Bertz CT molecular complexity index is 619. The summed E-state index contributed by atoms with van der Waals surface area (Å²) in [4.78, 5) is 0. The summed E-state index contributed by atoms with van der Waals surface area (Å²) in [6.07, 6.45) is 0. The number of methoxy groups -OCH3 is 1. The van der Waals surface area contributed by atoms with Gasteiger partial charge in [-0.3, -0.25) is 0 Å². The molecule has 0 fully saturated rings. The summed E-state index contributed by atoms with van der Waals surface area (Å²) in [5.41, 5.74) is 3.45. The lowest BCUT2D eigenvalue weighted by Gasteiger charge is -2.18. The van der Waals surface area contributed by atoms with Crippen molar-refractivity contribution in [2.24, 2.45) is 0 Å². The Labute approximate surface area is 124 Å². The second-order valence-corrected chi connectivity index (χ2v) is 5.28. The summed E-state index contributed by atoms with van der Waals surface area (Å²) < 4.78 is 11.0. The molecular weight excluding hydrogens is 274 g/mol. The van der Waals surface area contributed by atoms with Crippen LogP contribution in [0.4, 0.5) is 0 Å². The average molecular weight is 294 g/mol. The molecule has 0 saturated heterocycles. The summed E-state index contributed by atoms with van der Waals surface area (Å²) in [6, 6.07) is 5.88. The van der Waals surface area contributed by atoms with Crippen LogP contribution in [0, 0.1) is 20.8 Å². The summed E-state index contributed by atoms with van der Waals surface area (Å²) in [7, 11) is 3.56. The third-order valence-electron chi connectivity index (χ3n) is 3.70. The van der Waals surface area contributed by atoms with Crippen LogP contribution in [0.1, 0.15) is 34.3 Å². The van der Waals surface area contributed by atoms with Crippen LogP contribution in [0.25, 0.3) is 0 Å². The number of halogens is 1. The summed E-state index contributed by atoms with van der Waals surface area (Å²) in [5, 5.41) is 3.96. The minimum Gasteiger partial charge on any atom is -0.495 e. The maximum atomic E-state index is 6.09. The highest BCUT2D eigenvalue weighted by molar-refractivity contribution is 6.32. The molecule has 1 aromatic carbocycles. The van der Waals surface area contributed by atoms with Crippen molar-refractivity contribution in [1.29, 1.82) is 0 Å². The Morgan fingerprint density at radius 1 is 1.20 bits per heavy atom. The predicted molar refractivity (Wildman–Crippen MR) is 81.8 cm³/mol. The van der Waals surface area contributed by atoms with Gasteiger partial charge in [0.1, 0.15) is 17.3 Å². The minimum absolute atomic E-state index is 0.0543.